The molecule has 0 bridgehead atoms. The number of amides is 2. The topological polar surface area (TPSA) is 58.7 Å². The van der Waals surface area contributed by atoms with Gasteiger partial charge in [0, 0.05) is 11.5 Å². The maximum atomic E-state index is 13.5. The van der Waals surface area contributed by atoms with Crippen molar-refractivity contribution in [3.05, 3.63) is 35.6 Å². The molecule has 2 N–H and O–H groups in total. The maximum Gasteiger partial charge on any atom is 0.335 e. The summed E-state index contributed by atoms with van der Waals surface area (Å²) in [5, 5.41) is 5.19. The van der Waals surface area contributed by atoms with Crippen LogP contribution in [0.25, 0.3) is 0 Å². The Hall–Kier alpha value is -1.91. The summed E-state index contributed by atoms with van der Waals surface area (Å²) in [7, 11) is 0. The lowest BCUT2D eigenvalue weighted by Gasteiger charge is -2.07. The molecule has 0 aliphatic carbocycles. The summed E-state index contributed by atoms with van der Waals surface area (Å²) in [4.78, 5) is 11.0. The molecule has 0 aromatic heterocycles. The second kappa shape index (κ2) is 3.92. The van der Waals surface area contributed by atoms with E-state index in [0.717, 1.165) is 5.01 Å². The third-order valence-corrected chi connectivity index (χ3v) is 2.55. The summed E-state index contributed by atoms with van der Waals surface area (Å²) >= 11 is 0. The van der Waals surface area contributed by atoms with Gasteiger partial charge in [-0.1, -0.05) is 25.1 Å². The molecule has 1 aliphatic heterocycles. The highest BCUT2D eigenvalue weighted by molar-refractivity contribution is 6.04. The van der Waals surface area contributed by atoms with Crippen molar-refractivity contribution >= 4 is 11.7 Å². The Morgan fingerprint density at radius 1 is 1.56 bits per heavy atom. The van der Waals surface area contributed by atoms with E-state index >= 15 is 0 Å². The molecular weight excluding hydrogens is 209 g/mol. The van der Waals surface area contributed by atoms with Crippen LogP contribution in [0.4, 0.5) is 9.18 Å². The number of carbonyl (C=O) groups is 1. The average Bonchev–Trinajstić information content (AvgIpc) is 2.61. The molecule has 1 aromatic carbocycles. The van der Waals surface area contributed by atoms with Crippen LogP contribution in [0.5, 0.6) is 0 Å². The summed E-state index contributed by atoms with van der Waals surface area (Å²) in [6.07, 6.45) is 0. The molecule has 2 rings (SSSR count). The number of urea groups is 1. The molecule has 0 spiro atoms. The van der Waals surface area contributed by atoms with Crippen LogP contribution in [0.1, 0.15) is 12.5 Å². The van der Waals surface area contributed by atoms with E-state index in [1.54, 1.807) is 18.2 Å². The van der Waals surface area contributed by atoms with E-state index < -0.39 is 6.03 Å². The van der Waals surface area contributed by atoms with Gasteiger partial charge in [-0.3, -0.25) is 0 Å². The molecule has 5 heteroatoms. The van der Waals surface area contributed by atoms with E-state index in [1.165, 1.54) is 6.07 Å². The Kier molecular flexibility index (Phi) is 2.60. The highest BCUT2D eigenvalue weighted by atomic mass is 19.1. The Labute approximate surface area is 92.5 Å². The number of nitrogens with zero attached hydrogens (tertiary/aromatic N) is 2. The first kappa shape index (κ1) is 10.6. The molecule has 84 valence electrons. The summed E-state index contributed by atoms with van der Waals surface area (Å²) in [5.74, 6) is -0.344. The minimum atomic E-state index is -0.613. The molecule has 1 unspecified atom stereocenters. The molecule has 1 aliphatic rings. The van der Waals surface area contributed by atoms with Crippen molar-refractivity contribution < 1.29 is 9.18 Å². The molecule has 1 heterocycles. The van der Waals surface area contributed by atoms with Gasteiger partial charge in [0.05, 0.1) is 12.3 Å². The SMILES string of the molecule is CC1CN(C(N)=O)N=C1c1ccccc1F. The Morgan fingerprint density at radius 3 is 2.81 bits per heavy atom. The first-order chi connectivity index (χ1) is 7.59. The van der Waals surface area contributed by atoms with Gasteiger partial charge in [0.2, 0.25) is 0 Å². The van der Waals surface area contributed by atoms with Gasteiger partial charge in [-0.25, -0.2) is 14.2 Å². The molecule has 4 nitrogen and oxygen atoms in total. The van der Waals surface area contributed by atoms with Gasteiger partial charge in [-0.05, 0) is 6.07 Å². The van der Waals surface area contributed by atoms with Crippen LogP contribution >= 0.6 is 0 Å². The first-order valence-electron chi connectivity index (χ1n) is 5.00. The third kappa shape index (κ3) is 1.76. The van der Waals surface area contributed by atoms with Crippen LogP contribution in [0.15, 0.2) is 29.4 Å². The van der Waals surface area contributed by atoms with Crippen LogP contribution in [-0.2, 0) is 0 Å². The predicted molar refractivity (Wildman–Crippen MR) is 58.4 cm³/mol. The molecule has 1 atom stereocenters. The number of nitrogens with two attached hydrogens (primary N) is 1. The van der Waals surface area contributed by atoms with Gasteiger partial charge in [0.15, 0.2) is 0 Å². The quantitative estimate of drug-likeness (QED) is 0.768. The van der Waals surface area contributed by atoms with Gasteiger partial charge < -0.3 is 5.73 Å². The smallest absolute Gasteiger partial charge is 0.335 e. The highest BCUT2D eigenvalue weighted by Gasteiger charge is 2.27. The third-order valence-electron chi connectivity index (χ3n) is 2.55. The zero-order valence-corrected chi connectivity index (χ0v) is 8.85. The zero-order chi connectivity index (χ0) is 11.7. The van der Waals surface area contributed by atoms with Crippen molar-refractivity contribution in [3.63, 3.8) is 0 Å². The predicted octanol–water partition coefficient (Wildman–Crippen LogP) is 1.56. The van der Waals surface area contributed by atoms with Crippen LogP contribution in [0.2, 0.25) is 0 Å². The molecule has 0 saturated heterocycles. The van der Waals surface area contributed by atoms with Crippen LogP contribution in [0, 0.1) is 11.7 Å². The van der Waals surface area contributed by atoms with Crippen molar-refractivity contribution in [1.82, 2.24) is 5.01 Å². The molecule has 0 saturated carbocycles. The summed E-state index contributed by atoms with van der Waals surface area (Å²) < 4.78 is 13.5. The number of hydrazone groups is 1. The average molecular weight is 221 g/mol. The number of halogens is 1. The molecule has 1 aromatic rings. The van der Waals surface area contributed by atoms with E-state index in [9.17, 15) is 9.18 Å². The Balaban J connectivity index is 2.38. The number of hydrogen-bond donors (Lipinski definition) is 1. The lowest BCUT2D eigenvalue weighted by atomic mass is 9.99. The fraction of sp³-hybridized carbons (Fsp3) is 0.273. The molecule has 2 amide bonds. The number of hydrogen-bond acceptors (Lipinski definition) is 2. The van der Waals surface area contributed by atoms with Gasteiger partial charge in [-0.2, -0.15) is 5.10 Å². The lowest BCUT2D eigenvalue weighted by Crippen LogP contribution is -2.30. The molecule has 0 radical (unpaired) electrons. The Bertz CT molecular complexity index is 458. The van der Waals surface area contributed by atoms with Gasteiger partial charge in [0.1, 0.15) is 5.82 Å². The number of carbonyl (C=O) groups excluding carboxylic acids is 1. The van der Waals surface area contributed by atoms with Crippen molar-refractivity contribution in [2.75, 3.05) is 6.54 Å². The summed E-state index contributed by atoms with van der Waals surface area (Å²) in [6.45, 7) is 2.28. The number of primary amides is 1. The summed E-state index contributed by atoms with van der Waals surface area (Å²) in [5.41, 5.74) is 6.12. The monoisotopic (exact) mass is 221 g/mol. The van der Waals surface area contributed by atoms with Crippen LogP contribution in [0.3, 0.4) is 0 Å². The number of benzene rings is 1. The van der Waals surface area contributed by atoms with E-state index in [4.69, 9.17) is 5.73 Å². The van der Waals surface area contributed by atoms with E-state index in [2.05, 4.69) is 5.10 Å². The van der Waals surface area contributed by atoms with Crippen LogP contribution in [-0.4, -0.2) is 23.3 Å². The molecule has 16 heavy (non-hydrogen) atoms. The standard InChI is InChI=1S/C11H12FN3O/c1-7-6-15(11(13)16)14-10(7)8-4-2-3-5-9(8)12/h2-5,7H,6H2,1H3,(H2,13,16). The zero-order valence-electron chi connectivity index (χ0n) is 8.85. The van der Waals surface area contributed by atoms with Gasteiger partial charge in [-0.15, -0.1) is 0 Å². The minimum Gasteiger partial charge on any atom is -0.350 e. The minimum absolute atomic E-state index is 0.00981. The fourth-order valence-electron chi connectivity index (χ4n) is 1.74. The van der Waals surface area contributed by atoms with Crippen molar-refractivity contribution in [3.8, 4) is 0 Å². The molecule has 0 fully saturated rings. The van der Waals surface area contributed by atoms with Crippen molar-refractivity contribution in [2.45, 2.75) is 6.92 Å². The molecular formula is C11H12FN3O. The highest BCUT2D eigenvalue weighted by Crippen LogP contribution is 2.20. The van der Waals surface area contributed by atoms with Crippen molar-refractivity contribution in [1.29, 1.82) is 0 Å². The van der Waals surface area contributed by atoms with E-state index in [0.29, 0.717) is 17.8 Å². The number of rotatable bonds is 1. The van der Waals surface area contributed by atoms with Crippen molar-refractivity contribution in [2.24, 2.45) is 16.8 Å². The Morgan fingerprint density at radius 2 is 2.25 bits per heavy atom. The van der Waals surface area contributed by atoms with Gasteiger partial charge >= 0.3 is 6.03 Å². The van der Waals surface area contributed by atoms with E-state index in [-0.39, 0.29) is 11.7 Å². The summed E-state index contributed by atoms with van der Waals surface area (Å²) in [6, 6.07) is 5.76. The van der Waals surface area contributed by atoms with Gasteiger partial charge in [0.25, 0.3) is 0 Å². The van der Waals surface area contributed by atoms with Crippen LogP contribution < -0.4 is 5.73 Å². The second-order valence-corrected chi connectivity index (χ2v) is 3.79. The fourth-order valence-corrected chi connectivity index (χ4v) is 1.74. The second-order valence-electron chi connectivity index (χ2n) is 3.79. The first-order valence-corrected chi connectivity index (χ1v) is 5.00. The van der Waals surface area contributed by atoms with E-state index in [1.807, 2.05) is 6.92 Å². The largest absolute Gasteiger partial charge is 0.350 e. The lowest BCUT2D eigenvalue weighted by molar-refractivity contribution is 0.212. The maximum absolute atomic E-state index is 13.5. The normalized spacial score (nSPS) is 19.8.